The highest BCUT2D eigenvalue weighted by Gasteiger charge is 2.12. The molecular weight excluding hydrogens is 266 g/mol. The number of aldehydes is 1. The van der Waals surface area contributed by atoms with E-state index in [1.165, 1.54) is 0 Å². The Morgan fingerprint density at radius 1 is 1.24 bits per heavy atom. The average molecular weight is 287 g/mol. The third-order valence-electron chi connectivity index (χ3n) is 3.31. The molecule has 0 aliphatic carbocycles. The molecule has 5 heteroatoms. The summed E-state index contributed by atoms with van der Waals surface area (Å²) in [6, 6.07) is 7.91. The summed E-state index contributed by atoms with van der Waals surface area (Å²) < 4.78 is 7.27. The van der Waals surface area contributed by atoms with Crippen molar-refractivity contribution < 1.29 is 9.53 Å². The molecule has 0 radical (unpaired) electrons. The van der Waals surface area contributed by atoms with Crippen LogP contribution >= 0.6 is 0 Å². The molecule has 0 saturated carbocycles. The second-order valence-corrected chi connectivity index (χ2v) is 4.87. The molecule has 0 fully saturated rings. The first-order valence-electron chi connectivity index (χ1n) is 7.37. The van der Waals surface area contributed by atoms with Gasteiger partial charge in [0.15, 0.2) is 6.29 Å². The quantitative estimate of drug-likeness (QED) is 0.700. The lowest BCUT2D eigenvalue weighted by atomic mass is 10.1. The molecule has 1 aromatic heterocycles. The minimum absolute atomic E-state index is 0.431. The molecule has 1 heterocycles. The normalized spacial score (nSPS) is 10.6. The molecule has 0 amide bonds. The number of aromatic nitrogens is 3. The molecule has 0 bridgehead atoms. The number of ether oxygens (including phenoxy) is 1. The van der Waals surface area contributed by atoms with E-state index in [0.29, 0.717) is 18.7 Å². The topological polar surface area (TPSA) is 57.0 Å². The lowest BCUT2D eigenvalue weighted by Gasteiger charge is -2.08. The van der Waals surface area contributed by atoms with Gasteiger partial charge < -0.3 is 4.74 Å². The van der Waals surface area contributed by atoms with Crippen LogP contribution in [-0.4, -0.2) is 27.9 Å². The molecule has 0 unspecified atom stereocenters. The zero-order chi connectivity index (χ0) is 15.1. The van der Waals surface area contributed by atoms with E-state index in [9.17, 15) is 4.79 Å². The maximum absolute atomic E-state index is 11.1. The van der Waals surface area contributed by atoms with Gasteiger partial charge in [0.25, 0.3) is 0 Å². The van der Waals surface area contributed by atoms with Crippen LogP contribution in [0.5, 0.6) is 5.75 Å². The van der Waals surface area contributed by atoms with Crippen LogP contribution in [0.1, 0.15) is 48.4 Å². The van der Waals surface area contributed by atoms with Gasteiger partial charge in [-0.3, -0.25) is 4.79 Å². The number of nitrogens with zero attached hydrogens (tertiary/aromatic N) is 3. The van der Waals surface area contributed by atoms with Crippen LogP contribution in [-0.2, 0) is 13.0 Å². The molecule has 0 atom stereocenters. The highest BCUT2D eigenvalue weighted by atomic mass is 16.5. The summed E-state index contributed by atoms with van der Waals surface area (Å²) in [7, 11) is 0. The first kappa shape index (κ1) is 15.2. The van der Waals surface area contributed by atoms with Crippen LogP contribution in [0.15, 0.2) is 24.3 Å². The van der Waals surface area contributed by atoms with Gasteiger partial charge >= 0.3 is 0 Å². The third kappa shape index (κ3) is 3.90. The van der Waals surface area contributed by atoms with Gasteiger partial charge in [0, 0.05) is 13.0 Å². The first-order chi connectivity index (χ1) is 10.3. The molecule has 21 heavy (non-hydrogen) atoms. The zero-order valence-electron chi connectivity index (χ0n) is 12.6. The van der Waals surface area contributed by atoms with Gasteiger partial charge in [0.05, 0.1) is 12.3 Å². The molecule has 112 valence electrons. The summed E-state index contributed by atoms with van der Waals surface area (Å²) in [5.41, 5.74) is 2.42. The second kappa shape index (κ2) is 7.57. The molecule has 1 aromatic carbocycles. The summed E-state index contributed by atoms with van der Waals surface area (Å²) in [4.78, 5) is 11.1. The van der Waals surface area contributed by atoms with Crippen molar-refractivity contribution in [2.24, 2.45) is 0 Å². The standard InChI is InChI=1S/C16H21N3O2/c1-3-5-10-19-16(15(12-20)17-18-19)11-13-6-8-14(9-7-13)21-4-2/h6-9,12H,3-5,10-11H2,1-2H3. The van der Waals surface area contributed by atoms with E-state index in [-0.39, 0.29) is 0 Å². The highest BCUT2D eigenvalue weighted by Crippen LogP contribution is 2.16. The Bertz CT molecular complexity index is 576. The fourth-order valence-corrected chi connectivity index (χ4v) is 2.17. The van der Waals surface area contributed by atoms with Gasteiger partial charge in [-0.2, -0.15) is 0 Å². The van der Waals surface area contributed by atoms with Crippen molar-refractivity contribution >= 4 is 6.29 Å². The van der Waals surface area contributed by atoms with Gasteiger partial charge in [-0.15, -0.1) is 5.10 Å². The van der Waals surface area contributed by atoms with Crippen LogP contribution in [0.3, 0.4) is 0 Å². The van der Waals surface area contributed by atoms with Crippen molar-refractivity contribution in [1.29, 1.82) is 0 Å². The van der Waals surface area contributed by atoms with Crippen molar-refractivity contribution in [3.63, 3.8) is 0 Å². The Labute approximate surface area is 124 Å². The van der Waals surface area contributed by atoms with Gasteiger partial charge in [0.2, 0.25) is 0 Å². The lowest BCUT2D eigenvalue weighted by Crippen LogP contribution is -2.07. The Morgan fingerprint density at radius 2 is 2.00 bits per heavy atom. The van der Waals surface area contributed by atoms with Crippen LogP contribution in [0.25, 0.3) is 0 Å². The predicted molar refractivity (Wildman–Crippen MR) is 80.7 cm³/mol. The average Bonchev–Trinajstić information content (AvgIpc) is 2.89. The van der Waals surface area contributed by atoms with E-state index in [4.69, 9.17) is 4.74 Å². The predicted octanol–water partition coefficient (Wildman–Crippen LogP) is 2.88. The molecule has 2 rings (SSSR count). The lowest BCUT2D eigenvalue weighted by molar-refractivity contribution is 0.111. The SMILES string of the molecule is CCCCn1nnc(C=O)c1Cc1ccc(OCC)cc1. The Balaban J connectivity index is 2.17. The van der Waals surface area contributed by atoms with Gasteiger partial charge in [-0.25, -0.2) is 4.68 Å². The first-order valence-corrected chi connectivity index (χ1v) is 7.37. The Morgan fingerprint density at radius 3 is 2.62 bits per heavy atom. The Hall–Kier alpha value is -2.17. The van der Waals surface area contributed by atoms with Crippen LogP contribution in [0.2, 0.25) is 0 Å². The zero-order valence-corrected chi connectivity index (χ0v) is 12.6. The molecule has 0 saturated heterocycles. The summed E-state index contributed by atoms with van der Waals surface area (Å²) in [5.74, 6) is 0.856. The fraction of sp³-hybridized carbons (Fsp3) is 0.438. The van der Waals surface area contributed by atoms with E-state index in [2.05, 4.69) is 17.2 Å². The minimum atomic E-state index is 0.431. The molecule has 0 aliphatic heterocycles. The van der Waals surface area contributed by atoms with Crippen molar-refractivity contribution in [2.45, 2.75) is 39.7 Å². The molecular formula is C16H21N3O2. The van der Waals surface area contributed by atoms with Crippen molar-refractivity contribution in [1.82, 2.24) is 15.0 Å². The number of aryl methyl sites for hydroxylation is 1. The molecule has 0 N–H and O–H groups in total. The van der Waals surface area contributed by atoms with Gasteiger partial charge in [-0.1, -0.05) is 30.7 Å². The molecule has 0 spiro atoms. The summed E-state index contributed by atoms with van der Waals surface area (Å²) in [6.07, 6.45) is 3.53. The summed E-state index contributed by atoms with van der Waals surface area (Å²) in [5, 5.41) is 8.03. The molecule has 5 nitrogen and oxygen atoms in total. The largest absolute Gasteiger partial charge is 0.494 e. The van der Waals surface area contributed by atoms with E-state index < -0.39 is 0 Å². The van der Waals surface area contributed by atoms with E-state index >= 15 is 0 Å². The smallest absolute Gasteiger partial charge is 0.172 e. The maximum Gasteiger partial charge on any atom is 0.172 e. The van der Waals surface area contributed by atoms with Crippen LogP contribution in [0.4, 0.5) is 0 Å². The molecule has 0 aliphatic rings. The van der Waals surface area contributed by atoms with Gasteiger partial charge in [0.1, 0.15) is 11.4 Å². The Kier molecular flexibility index (Phi) is 5.49. The number of hydrogen-bond donors (Lipinski definition) is 0. The third-order valence-corrected chi connectivity index (χ3v) is 3.31. The van der Waals surface area contributed by atoms with Crippen LogP contribution < -0.4 is 4.74 Å². The highest BCUT2D eigenvalue weighted by molar-refractivity contribution is 5.73. The fourth-order valence-electron chi connectivity index (χ4n) is 2.17. The van der Waals surface area contributed by atoms with Crippen molar-refractivity contribution in [3.8, 4) is 5.75 Å². The number of rotatable bonds is 8. The number of benzene rings is 1. The minimum Gasteiger partial charge on any atom is -0.494 e. The van der Waals surface area contributed by atoms with E-state index in [1.807, 2.05) is 35.9 Å². The number of unbranched alkanes of at least 4 members (excludes halogenated alkanes) is 1. The van der Waals surface area contributed by atoms with E-state index in [1.54, 1.807) is 0 Å². The number of carbonyl (C=O) groups excluding carboxylic acids is 1. The van der Waals surface area contributed by atoms with Crippen LogP contribution in [0, 0.1) is 0 Å². The van der Waals surface area contributed by atoms with E-state index in [0.717, 1.165) is 42.7 Å². The van der Waals surface area contributed by atoms with Crippen molar-refractivity contribution in [2.75, 3.05) is 6.61 Å². The molecule has 2 aromatic rings. The second-order valence-electron chi connectivity index (χ2n) is 4.87. The van der Waals surface area contributed by atoms with Gasteiger partial charge in [-0.05, 0) is 31.0 Å². The summed E-state index contributed by atoms with van der Waals surface area (Å²) in [6.45, 7) is 5.54. The van der Waals surface area contributed by atoms with Crippen molar-refractivity contribution in [3.05, 3.63) is 41.2 Å². The monoisotopic (exact) mass is 287 g/mol. The number of carbonyl (C=O) groups is 1. The maximum atomic E-state index is 11.1. The summed E-state index contributed by atoms with van der Waals surface area (Å²) >= 11 is 0. The number of hydrogen-bond acceptors (Lipinski definition) is 4.